The Labute approximate surface area is 215 Å². The van der Waals surface area contributed by atoms with E-state index in [1.165, 1.54) is 19.2 Å². The summed E-state index contributed by atoms with van der Waals surface area (Å²) in [5.41, 5.74) is 9.06. The van der Waals surface area contributed by atoms with Crippen LogP contribution in [0.25, 0.3) is 10.8 Å². The molecule has 1 amide bonds. The normalized spacial score (nSPS) is 13.4. The van der Waals surface area contributed by atoms with Crippen LogP contribution in [0.1, 0.15) is 52.7 Å². The van der Waals surface area contributed by atoms with Crippen molar-refractivity contribution in [3.05, 3.63) is 89.2 Å². The highest BCUT2D eigenvalue weighted by atomic mass is 16.5. The number of carbonyl (C=O) groups is 1. The SMILES string of the molecule is COc1ccc2ccccc2c1C(=O)NCc1ccc(C(=N)c2c(N)ncnc2NC2CCCC2)cc1. The number of hydrogen-bond acceptors (Lipinski definition) is 7. The maximum atomic E-state index is 13.1. The number of ether oxygens (including phenoxy) is 1. The van der Waals surface area contributed by atoms with Crippen molar-refractivity contribution in [2.45, 2.75) is 38.3 Å². The number of aromatic nitrogens is 2. The summed E-state index contributed by atoms with van der Waals surface area (Å²) in [6.45, 7) is 0.337. The van der Waals surface area contributed by atoms with Crippen LogP contribution in [0, 0.1) is 5.41 Å². The summed E-state index contributed by atoms with van der Waals surface area (Å²) in [7, 11) is 1.56. The average molecular weight is 495 g/mol. The first-order valence-corrected chi connectivity index (χ1v) is 12.4. The Morgan fingerprint density at radius 1 is 1.03 bits per heavy atom. The van der Waals surface area contributed by atoms with Gasteiger partial charge < -0.3 is 21.1 Å². The van der Waals surface area contributed by atoms with Crippen molar-refractivity contribution in [1.29, 1.82) is 5.41 Å². The van der Waals surface area contributed by atoms with E-state index in [4.69, 9.17) is 15.9 Å². The molecule has 5 rings (SSSR count). The van der Waals surface area contributed by atoms with Crippen molar-refractivity contribution < 1.29 is 9.53 Å². The van der Waals surface area contributed by atoms with Crippen molar-refractivity contribution in [3.8, 4) is 5.75 Å². The summed E-state index contributed by atoms with van der Waals surface area (Å²) in [6.07, 6.45) is 5.98. The van der Waals surface area contributed by atoms with Crippen LogP contribution < -0.4 is 21.1 Å². The summed E-state index contributed by atoms with van der Waals surface area (Å²) in [5, 5.41) is 17.1. The summed E-state index contributed by atoms with van der Waals surface area (Å²) >= 11 is 0. The number of nitrogen functional groups attached to an aromatic ring is 1. The molecule has 0 aliphatic heterocycles. The molecular weight excluding hydrogens is 464 g/mol. The molecule has 0 saturated heterocycles. The van der Waals surface area contributed by atoms with Crippen molar-refractivity contribution in [1.82, 2.24) is 15.3 Å². The zero-order valence-corrected chi connectivity index (χ0v) is 20.8. The third kappa shape index (κ3) is 5.09. The number of methoxy groups -OCH3 is 1. The van der Waals surface area contributed by atoms with Crippen molar-refractivity contribution >= 4 is 34.0 Å². The number of carbonyl (C=O) groups excluding carboxylic acids is 1. The fourth-order valence-electron chi connectivity index (χ4n) is 4.88. The molecule has 1 aromatic heterocycles. The van der Waals surface area contributed by atoms with Crippen LogP contribution in [-0.4, -0.2) is 34.7 Å². The van der Waals surface area contributed by atoms with E-state index in [-0.39, 0.29) is 17.4 Å². The van der Waals surface area contributed by atoms with Gasteiger partial charge in [0.2, 0.25) is 0 Å². The van der Waals surface area contributed by atoms with E-state index in [2.05, 4.69) is 20.6 Å². The molecule has 37 heavy (non-hydrogen) atoms. The van der Waals surface area contributed by atoms with E-state index in [0.29, 0.717) is 40.8 Å². The fraction of sp³-hybridized carbons (Fsp3) is 0.241. The van der Waals surface area contributed by atoms with Gasteiger partial charge in [-0.15, -0.1) is 0 Å². The highest BCUT2D eigenvalue weighted by Gasteiger charge is 2.21. The summed E-state index contributed by atoms with van der Waals surface area (Å²) in [5.74, 6) is 1.21. The molecule has 0 bridgehead atoms. The Morgan fingerprint density at radius 2 is 1.78 bits per heavy atom. The Hall–Kier alpha value is -4.46. The predicted octanol–water partition coefficient (Wildman–Crippen LogP) is 4.92. The third-order valence-corrected chi connectivity index (χ3v) is 6.86. The molecule has 8 nitrogen and oxygen atoms in total. The predicted molar refractivity (Wildman–Crippen MR) is 146 cm³/mol. The zero-order chi connectivity index (χ0) is 25.8. The van der Waals surface area contributed by atoms with E-state index in [0.717, 1.165) is 29.2 Å². The van der Waals surface area contributed by atoms with Gasteiger partial charge in [-0.3, -0.25) is 10.2 Å². The molecule has 1 aliphatic carbocycles. The monoisotopic (exact) mass is 494 g/mol. The Balaban J connectivity index is 1.31. The fourth-order valence-corrected chi connectivity index (χ4v) is 4.88. The van der Waals surface area contributed by atoms with Gasteiger partial charge in [0.1, 0.15) is 23.7 Å². The zero-order valence-electron chi connectivity index (χ0n) is 20.8. The number of benzene rings is 3. The lowest BCUT2D eigenvalue weighted by atomic mass is 10.0. The number of anilines is 2. The van der Waals surface area contributed by atoms with Gasteiger partial charge in [-0.1, -0.05) is 67.4 Å². The molecule has 1 aliphatic rings. The van der Waals surface area contributed by atoms with Gasteiger partial charge in [-0.05, 0) is 35.2 Å². The lowest BCUT2D eigenvalue weighted by molar-refractivity contribution is 0.0949. The molecule has 0 atom stereocenters. The molecule has 4 aromatic rings. The molecule has 0 unspecified atom stereocenters. The van der Waals surface area contributed by atoms with Crippen LogP contribution in [0.3, 0.4) is 0 Å². The van der Waals surface area contributed by atoms with E-state index in [1.807, 2.05) is 60.7 Å². The van der Waals surface area contributed by atoms with Gasteiger partial charge in [0.25, 0.3) is 5.91 Å². The van der Waals surface area contributed by atoms with Gasteiger partial charge in [0, 0.05) is 18.2 Å². The quantitative estimate of drug-likeness (QED) is 0.258. The second kappa shape index (κ2) is 10.7. The minimum atomic E-state index is -0.206. The largest absolute Gasteiger partial charge is 0.496 e. The first-order chi connectivity index (χ1) is 18.0. The lowest BCUT2D eigenvalue weighted by Gasteiger charge is -2.17. The molecule has 0 spiro atoms. The second-order valence-electron chi connectivity index (χ2n) is 9.23. The van der Waals surface area contributed by atoms with Crippen LogP contribution in [0.4, 0.5) is 11.6 Å². The maximum Gasteiger partial charge on any atom is 0.255 e. The number of hydrogen-bond donors (Lipinski definition) is 4. The maximum absolute atomic E-state index is 13.1. The molecule has 1 heterocycles. The van der Waals surface area contributed by atoms with Crippen LogP contribution in [-0.2, 0) is 6.54 Å². The van der Waals surface area contributed by atoms with Gasteiger partial charge in [0.15, 0.2) is 0 Å². The first-order valence-electron chi connectivity index (χ1n) is 12.4. The molecule has 8 heteroatoms. The van der Waals surface area contributed by atoms with E-state index in [1.54, 1.807) is 7.11 Å². The van der Waals surface area contributed by atoms with Gasteiger partial charge in [-0.25, -0.2) is 9.97 Å². The Bertz CT molecular complexity index is 1450. The highest BCUT2D eigenvalue weighted by Crippen LogP contribution is 2.29. The van der Waals surface area contributed by atoms with Crippen LogP contribution in [0.2, 0.25) is 0 Å². The molecule has 1 saturated carbocycles. The minimum absolute atomic E-state index is 0.206. The number of nitrogens with one attached hydrogen (secondary N) is 3. The Morgan fingerprint density at radius 3 is 2.54 bits per heavy atom. The average Bonchev–Trinajstić information content (AvgIpc) is 3.44. The van der Waals surface area contributed by atoms with Gasteiger partial charge in [0.05, 0.1) is 23.9 Å². The van der Waals surface area contributed by atoms with Crippen molar-refractivity contribution in [2.75, 3.05) is 18.2 Å². The Kier molecular flexibility index (Phi) is 6.98. The number of fused-ring (bicyclic) bond motifs is 1. The topological polar surface area (TPSA) is 126 Å². The standard InChI is InChI=1S/C29H30N6O2/c1-37-23-15-14-19-6-2-5-9-22(19)24(23)29(36)32-16-18-10-12-20(13-11-18)26(30)25-27(31)33-17-34-28(25)35-21-7-3-4-8-21/h2,5-6,9-15,17,21,30H,3-4,7-8,16H2,1H3,(H,32,36)(H3,31,33,34,35). The summed E-state index contributed by atoms with van der Waals surface area (Å²) in [4.78, 5) is 21.6. The van der Waals surface area contributed by atoms with E-state index >= 15 is 0 Å². The van der Waals surface area contributed by atoms with E-state index in [9.17, 15) is 4.79 Å². The number of rotatable bonds is 8. The van der Waals surface area contributed by atoms with Crippen LogP contribution in [0.15, 0.2) is 67.0 Å². The smallest absolute Gasteiger partial charge is 0.255 e. The van der Waals surface area contributed by atoms with E-state index < -0.39 is 0 Å². The third-order valence-electron chi connectivity index (χ3n) is 6.86. The summed E-state index contributed by atoms with van der Waals surface area (Å²) in [6, 6.07) is 19.3. The summed E-state index contributed by atoms with van der Waals surface area (Å²) < 4.78 is 5.46. The first kappa shape index (κ1) is 24.2. The van der Waals surface area contributed by atoms with Crippen molar-refractivity contribution in [2.24, 2.45) is 0 Å². The second-order valence-corrected chi connectivity index (χ2v) is 9.23. The molecule has 5 N–H and O–H groups in total. The molecular formula is C29H30N6O2. The van der Waals surface area contributed by atoms with Crippen LogP contribution >= 0.6 is 0 Å². The number of nitrogens with zero attached hydrogens (tertiary/aromatic N) is 2. The van der Waals surface area contributed by atoms with Crippen LogP contribution in [0.5, 0.6) is 5.75 Å². The highest BCUT2D eigenvalue weighted by molar-refractivity contribution is 6.16. The molecule has 0 radical (unpaired) electrons. The van der Waals surface area contributed by atoms with Gasteiger partial charge in [-0.2, -0.15) is 0 Å². The van der Waals surface area contributed by atoms with Gasteiger partial charge >= 0.3 is 0 Å². The van der Waals surface area contributed by atoms with Crippen molar-refractivity contribution in [3.63, 3.8) is 0 Å². The number of amides is 1. The molecule has 188 valence electrons. The lowest BCUT2D eigenvalue weighted by Crippen LogP contribution is -2.23. The number of nitrogens with two attached hydrogens (primary N) is 1. The molecule has 3 aromatic carbocycles. The molecule has 1 fully saturated rings. The minimum Gasteiger partial charge on any atom is -0.496 e.